The Kier molecular flexibility index (Phi) is 5.03. The molecule has 25 heavy (non-hydrogen) atoms. The molecule has 7 heteroatoms. The molecule has 0 radical (unpaired) electrons. The molecular weight excluding hydrogens is 320 g/mol. The van der Waals surface area contributed by atoms with Crippen LogP contribution in [0.5, 0.6) is 0 Å². The Labute approximate surface area is 146 Å². The van der Waals surface area contributed by atoms with Crippen LogP contribution in [0.3, 0.4) is 0 Å². The molecule has 1 saturated heterocycles. The van der Waals surface area contributed by atoms with Crippen molar-refractivity contribution < 1.29 is 9.53 Å². The lowest BCUT2D eigenvalue weighted by Crippen LogP contribution is -2.45. The zero-order valence-corrected chi connectivity index (χ0v) is 15.0. The van der Waals surface area contributed by atoms with Crippen molar-refractivity contribution in [1.29, 1.82) is 0 Å². The number of rotatable bonds is 4. The molecule has 1 aliphatic rings. The molecule has 2 aromatic rings. The number of pyridine rings is 2. The highest BCUT2D eigenvalue weighted by molar-refractivity contribution is 6.04. The molecule has 0 aliphatic carbocycles. The van der Waals surface area contributed by atoms with Crippen LogP contribution in [0.15, 0.2) is 16.9 Å². The summed E-state index contributed by atoms with van der Waals surface area (Å²) in [5, 5.41) is 4.11. The molecule has 0 bridgehead atoms. The molecule has 0 spiro atoms. The summed E-state index contributed by atoms with van der Waals surface area (Å²) in [6.07, 6.45) is 0. The summed E-state index contributed by atoms with van der Waals surface area (Å²) in [4.78, 5) is 32.4. The van der Waals surface area contributed by atoms with Crippen molar-refractivity contribution in [3.05, 3.63) is 33.7 Å². The quantitative estimate of drug-likeness (QED) is 0.843. The Balaban J connectivity index is 2.37. The number of aromatic nitrogens is 2. The maximum atomic E-state index is 13.1. The van der Waals surface area contributed by atoms with Gasteiger partial charge in [0, 0.05) is 43.8 Å². The minimum atomic E-state index is -0.564. The van der Waals surface area contributed by atoms with Crippen molar-refractivity contribution >= 4 is 22.7 Å². The third-order valence-electron chi connectivity index (χ3n) is 4.45. The van der Waals surface area contributed by atoms with Crippen LogP contribution >= 0.6 is 0 Å². The number of fused-ring (bicyclic) bond motifs is 1. The molecule has 1 N–H and O–H groups in total. The van der Waals surface area contributed by atoms with E-state index in [-0.39, 0.29) is 17.7 Å². The third-order valence-corrected chi connectivity index (χ3v) is 4.45. The molecule has 3 rings (SSSR count). The predicted octanol–water partition coefficient (Wildman–Crippen LogP) is 1.31. The normalized spacial score (nSPS) is 14.8. The molecule has 0 atom stereocenters. The van der Waals surface area contributed by atoms with Crippen molar-refractivity contribution in [2.45, 2.75) is 27.3 Å². The molecule has 1 fully saturated rings. The van der Waals surface area contributed by atoms with Gasteiger partial charge in [0.15, 0.2) is 0 Å². The lowest BCUT2D eigenvalue weighted by Gasteiger charge is -2.32. The summed E-state index contributed by atoms with van der Waals surface area (Å²) >= 11 is 0. The molecule has 1 aliphatic heterocycles. The number of esters is 1. The highest BCUT2D eigenvalue weighted by Gasteiger charge is 2.27. The number of hydrogen-bond acceptors (Lipinski definition) is 6. The van der Waals surface area contributed by atoms with Gasteiger partial charge < -0.3 is 15.0 Å². The van der Waals surface area contributed by atoms with Gasteiger partial charge in [-0.05, 0) is 32.9 Å². The minimum Gasteiger partial charge on any atom is -0.462 e. The van der Waals surface area contributed by atoms with Crippen molar-refractivity contribution in [1.82, 2.24) is 14.9 Å². The molecule has 0 unspecified atom stereocenters. The van der Waals surface area contributed by atoms with Gasteiger partial charge in [0.2, 0.25) is 0 Å². The van der Waals surface area contributed by atoms with Crippen LogP contribution in [0.4, 0.5) is 5.69 Å². The second-order valence-electron chi connectivity index (χ2n) is 6.05. The van der Waals surface area contributed by atoms with E-state index in [1.807, 2.05) is 26.0 Å². The Morgan fingerprint density at radius 1 is 1.28 bits per heavy atom. The highest BCUT2D eigenvalue weighted by atomic mass is 16.5. The van der Waals surface area contributed by atoms with E-state index >= 15 is 0 Å². The number of anilines is 1. The standard InChI is InChI=1S/C18H24N4O3/c1-4-22-16-13(7-6-12(3)20-16)15(21-10-8-19-9-11-21)14(17(22)23)18(24)25-5-2/h6-7,19H,4-5,8-11H2,1-3H3. The number of nitrogens with zero attached hydrogens (tertiary/aromatic N) is 3. The summed E-state index contributed by atoms with van der Waals surface area (Å²) in [6.45, 7) is 9.26. The maximum absolute atomic E-state index is 13.1. The summed E-state index contributed by atoms with van der Waals surface area (Å²) in [6, 6.07) is 3.86. The number of piperazine rings is 1. The number of nitrogens with one attached hydrogen (secondary N) is 1. The number of aryl methyl sites for hydroxylation is 2. The van der Waals surface area contributed by atoms with Crippen LogP contribution < -0.4 is 15.8 Å². The summed E-state index contributed by atoms with van der Waals surface area (Å²) in [5.41, 5.74) is 1.89. The van der Waals surface area contributed by atoms with Crippen molar-refractivity contribution in [3.8, 4) is 0 Å². The van der Waals surface area contributed by atoms with Crippen LogP contribution in [-0.4, -0.2) is 48.3 Å². The van der Waals surface area contributed by atoms with E-state index in [2.05, 4.69) is 15.2 Å². The van der Waals surface area contributed by atoms with E-state index < -0.39 is 5.97 Å². The van der Waals surface area contributed by atoms with E-state index in [1.165, 1.54) is 0 Å². The molecule has 3 heterocycles. The summed E-state index contributed by atoms with van der Waals surface area (Å²) in [5.74, 6) is -0.564. The number of carbonyl (C=O) groups is 1. The van der Waals surface area contributed by atoms with Gasteiger partial charge in [-0.25, -0.2) is 9.78 Å². The predicted molar refractivity (Wildman–Crippen MR) is 97.5 cm³/mol. The SMILES string of the molecule is CCOC(=O)c1c(N2CCNCC2)c2ccc(C)nc2n(CC)c1=O. The molecular formula is C18H24N4O3. The average Bonchev–Trinajstić information content (AvgIpc) is 2.61. The first-order valence-corrected chi connectivity index (χ1v) is 8.75. The first kappa shape index (κ1) is 17.4. The van der Waals surface area contributed by atoms with Crippen LogP contribution in [-0.2, 0) is 11.3 Å². The van der Waals surface area contributed by atoms with Gasteiger partial charge in [-0.2, -0.15) is 0 Å². The molecule has 2 aromatic heterocycles. The molecule has 0 amide bonds. The van der Waals surface area contributed by atoms with Gasteiger partial charge >= 0.3 is 5.97 Å². The number of carbonyl (C=O) groups excluding carboxylic acids is 1. The monoisotopic (exact) mass is 344 g/mol. The van der Waals surface area contributed by atoms with Gasteiger partial charge in [-0.15, -0.1) is 0 Å². The zero-order valence-electron chi connectivity index (χ0n) is 15.0. The third kappa shape index (κ3) is 3.11. The first-order valence-electron chi connectivity index (χ1n) is 8.75. The Morgan fingerprint density at radius 3 is 2.64 bits per heavy atom. The van der Waals surface area contributed by atoms with E-state index in [9.17, 15) is 9.59 Å². The van der Waals surface area contributed by atoms with E-state index in [0.717, 1.165) is 37.3 Å². The lowest BCUT2D eigenvalue weighted by atomic mass is 10.1. The Hall–Kier alpha value is -2.41. The van der Waals surface area contributed by atoms with Crippen LogP contribution in [0.25, 0.3) is 11.0 Å². The van der Waals surface area contributed by atoms with E-state index in [1.54, 1.807) is 11.5 Å². The van der Waals surface area contributed by atoms with Gasteiger partial charge in [0.05, 0.1) is 12.3 Å². The van der Waals surface area contributed by atoms with Crippen molar-refractivity contribution in [3.63, 3.8) is 0 Å². The highest BCUT2D eigenvalue weighted by Crippen LogP contribution is 2.29. The van der Waals surface area contributed by atoms with E-state index in [0.29, 0.717) is 17.9 Å². The zero-order chi connectivity index (χ0) is 18.0. The fraction of sp³-hybridized carbons (Fsp3) is 0.500. The summed E-state index contributed by atoms with van der Waals surface area (Å²) < 4.78 is 6.75. The lowest BCUT2D eigenvalue weighted by molar-refractivity contribution is 0.0524. The molecule has 0 aromatic carbocycles. The average molecular weight is 344 g/mol. The van der Waals surface area contributed by atoms with Gasteiger partial charge in [-0.1, -0.05) is 0 Å². The van der Waals surface area contributed by atoms with Crippen LogP contribution in [0.1, 0.15) is 29.9 Å². The maximum Gasteiger partial charge on any atom is 0.345 e. The van der Waals surface area contributed by atoms with Crippen LogP contribution in [0, 0.1) is 6.92 Å². The topological polar surface area (TPSA) is 76.5 Å². The van der Waals surface area contributed by atoms with Crippen molar-refractivity contribution in [2.24, 2.45) is 0 Å². The largest absolute Gasteiger partial charge is 0.462 e. The molecule has 7 nitrogen and oxygen atoms in total. The van der Waals surface area contributed by atoms with Crippen molar-refractivity contribution in [2.75, 3.05) is 37.7 Å². The second kappa shape index (κ2) is 7.23. The first-order chi connectivity index (χ1) is 12.1. The van der Waals surface area contributed by atoms with E-state index in [4.69, 9.17) is 4.74 Å². The fourth-order valence-electron chi connectivity index (χ4n) is 3.30. The van der Waals surface area contributed by atoms with Gasteiger partial charge in [0.1, 0.15) is 11.2 Å². The summed E-state index contributed by atoms with van der Waals surface area (Å²) in [7, 11) is 0. The second-order valence-corrected chi connectivity index (χ2v) is 6.05. The Bertz CT molecular complexity index is 854. The van der Waals surface area contributed by atoms with Gasteiger partial charge in [0.25, 0.3) is 5.56 Å². The Morgan fingerprint density at radius 2 is 2.00 bits per heavy atom. The fourth-order valence-corrected chi connectivity index (χ4v) is 3.30. The number of hydrogen-bond donors (Lipinski definition) is 1. The van der Waals surface area contributed by atoms with Gasteiger partial charge in [-0.3, -0.25) is 9.36 Å². The minimum absolute atomic E-state index is 0.115. The number of ether oxygens (including phenoxy) is 1. The smallest absolute Gasteiger partial charge is 0.345 e. The molecule has 0 saturated carbocycles. The molecule has 134 valence electrons. The van der Waals surface area contributed by atoms with Crippen LogP contribution in [0.2, 0.25) is 0 Å².